The summed E-state index contributed by atoms with van der Waals surface area (Å²) in [6.45, 7) is 0. The molecule has 0 amide bonds. The van der Waals surface area contributed by atoms with Crippen LogP contribution >= 0.6 is 0 Å². The van der Waals surface area contributed by atoms with Crippen LogP contribution in [0.3, 0.4) is 0 Å². The maximum absolute atomic E-state index is 13.2. The zero-order valence-corrected chi connectivity index (χ0v) is 21.3. The van der Waals surface area contributed by atoms with Gasteiger partial charge in [0, 0.05) is 45.6 Å². The van der Waals surface area contributed by atoms with E-state index in [0.717, 1.165) is 27.6 Å². The highest BCUT2D eigenvalue weighted by Gasteiger charge is 2.24. The average Bonchev–Trinajstić information content (AvgIpc) is 3.48. The molecule has 0 saturated carbocycles. The Kier molecular flexibility index (Phi) is 6.63. The Balaban J connectivity index is 1.42. The van der Waals surface area contributed by atoms with Gasteiger partial charge in [-0.05, 0) is 52.9 Å². The first-order valence-corrected chi connectivity index (χ1v) is 12.7. The molecule has 1 unspecified atom stereocenters. The molecule has 192 valence electrons. The van der Waals surface area contributed by atoms with Crippen molar-refractivity contribution < 1.29 is 9.90 Å². The molecule has 4 aromatic carbocycles. The Morgan fingerprint density at radius 3 is 2.38 bits per heavy atom. The van der Waals surface area contributed by atoms with Crippen molar-refractivity contribution in [1.29, 1.82) is 0 Å². The van der Waals surface area contributed by atoms with Crippen molar-refractivity contribution in [2.45, 2.75) is 6.10 Å². The molecular formula is C34H23N3O3. The number of H-pyrrole nitrogens is 2. The molecule has 0 radical (unpaired) electrons. The van der Waals surface area contributed by atoms with Gasteiger partial charge in [-0.25, -0.2) is 5.10 Å². The Labute approximate surface area is 230 Å². The molecule has 3 N–H and O–H groups in total. The minimum absolute atomic E-state index is 0.254. The highest BCUT2D eigenvalue weighted by atomic mass is 16.3. The van der Waals surface area contributed by atoms with Gasteiger partial charge in [-0.15, -0.1) is 0 Å². The predicted molar refractivity (Wildman–Crippen MR) is 156 cm³/mol. The minimum Gasteiger partial charge on any atom is -0.380 e. The molecule has 6 rings (SSSR count). The van der Waals surface area contributed by atoms with E-state index in [2.05, 4.69) is 27.0 Å². The van der Waals surface area contributed by atoms with Gasteiger partial charge in [-0.2, -0.15) is 5.10 Å². The third-order valence-corrected chi connectivity index (χ3v) is 6.74. The quantitative estimate of drug-likeness (QED) is 0.194. The van der Waals surface area contributed by atoms with Crippen molar-refractivity contribution in [3.63, 3.8) is 0 Å². The summed E-state index contributed by atoms with van der Waals surface area (Å²) in [5.41, 5.74) is 6.15. The summed E-state index contributed by atoms with van der Waals surface area (Å²) in [5, 5.41) is 18.9. The highest BCUT2D eigenvalue weighted by Crippen LogP contribution is 2.34. The summed E-state index contributed by atoms with van der Waals surface area (Å²) in [6.07, 6.45) is 0.517. The molecule has 2 aromatic heterocycles. The molecule has 6 heteroatoms. The van der Waals surface area contributed by atoms with Crippen molar-refractivity contribution in [3.05, 3.63) is 148 Å². The van der Waals surface area contributed by atoms with Crippen LogP contribution in [0.5, 0.6) is 0 Å². The number of hydrogen-bond acceptors (Lipinski definition) is 4. The van der Waals surface area contributed by atoms with Gasteiger partial charge < -0.3 is 10.1 Å². The number of carbonyl (C=O) groups excluding carboxylic acids is 1. The Morgan fingerprint density at radius 2 is 1.60 bits per heavy atom. The summed E-state index contributed by atoms with van der Waals surface area (Å²) in [4.78, 5) is 27.8. The van der Waals surface area contributed by atoms with Gasteiger partial charge in [-0.1, -0.05) is 78.6 Å². The number of aromatic amines is 2. The standard InChI is InChI=1S/C34H23N3O3/c38-31-18-17-29(36-37-31)23-12-9-22(10-13-23)11-14-25-7-4-8-28(34(40)33(39)26-5-2-1-3-6-26)32(25)27-16-15-24-19-20-35-30(24)21-27/h1-10,12-13,15-21,34-35,40H,(H,37,38). The average molecular weight is 522 g/mol. The number of aromatic nitrogens is 3. The molecule has 0 bridgehead atoms. The molecule has 40 heavy (non-hydrogen) atoms. The second-order valence-electron chi connectivity index (χ2n) is 9.32. The van der Waals surface area contributed by atoms with Crippen molar-refractivity contribution in [2.75, 3.05) is 0 Å². The van der Waals surface area contributed by atoms with E-state index in [1.54, 1.807) is 36.4 Å². The van der Waals surface area contributed by atoms with E-state index < -0.39 is 6.10 Å². The minimum atomic E-state index is -1.36. The fourth-order valence-corrected chi connectivity index (χ4v) is 4.70. The van der Waals surface area contributed by atoms with Gasteiger partial charge in [0.1, 0.15) is 6.10 Å². The predicted octanol–water partition coefficient (Wildman–Crippen LogP) is 5.90. The largest absolute Gasteiger partial charge is 0.380 e. The molecule has 0 aliphatic heterocycles. The van der Waals surface area contributed by atoms with E-state index in [1.807, 2.05) is 72.9 Å². The first kappa shape index (κ1) is 24.8. The maximum atomic E-state index is 13.2. The van der Waals surface area contributed by atoms with Crippen molar-refractivity contribution >= 4 is 16.7 Å². The smallest absolute Gasteiger partial charge is 0.264 e. The van der Waals surface area contributed by atoms with Crippen molar-refractivity contribution in [1.82, 2.24) is 15.2 Å². The summed E-state index contributed by atoms with van der Waals surface area (Å²) in [6, 6.07) is 32.9. The molecule has 0 aliphatic carbocycles. The van der Waals surface area contributed by atoms with Crippen LogP contribution in [0.1, 0.15) is 33.2 Å². The van der Waals surface area contributed by atoms with Crippen LogP contribution in [-0.2, 0) is 0 Å². The molecular weight excluding hydrogens is 498 g/mol. The number of nitrogens with one attached hydrogen (secondary N) is 2. The lowest BCUT2D eigenvalue weighted by Crippen LogP contribution is -2.14. The normalized spacial score (nSPS) is 11.5. The first-order valence-electron chi connectivity index (χ1n) is 12.7. The van der Waals surface area contributed by atoms with E-state index in [0.29, 0.717) is 27.9 Å². The fourth-order valence-electron chi connectivity index (χ4n) is 4.70. The zero-order chi connectivity index (χ0) is 27.5. The molecule has 0 saturated heterocycles. The molecule has 0 fully saturated rings. The lowest BCUT2D eigenvalue weighted by Gasteiger charge is -2.17. The number of benzene rings is 4. The summed E-state index contributed by atoms with van der Waals surface area (Å²) in [5.74, 6) is 6.10. The van der Waals surface area contributed by atoms with Crippen molar-refractivity contribution in [2.24, 2.45) is 0 Å². The second-order valence-corrected chi connectivity index (χ2v) is 9.32. The number of nitrogens with zero attached hydrogens (tertiary/aromatic N) is 1. The van der Waals surface area contributed by atoms with Gasteiger partial charge in [-0.3, -0.25) is 9.59 Å². The number of ketones is 1. The van der Waals surface area contributed by atoms with E-state index in [1.165, 1.54) is 6.07 Å². The zero-order valence-electron chi connectivity index (χ0n) is 21.3. The van der Waals surface area contributed by atoms with E-state index in [4.69, 9.17) is 0 Å². The van der Waals surface area contributed by atoms with Crippen LogP contribution < -0.4 is 5.56 Å². The van der Waals surface area contributed by atoms with Crippen LogP contribution in [0, 0.1) is 11.8 Å². The SMILES string of the molecule is O=C(c1ccccc1)C(O)c1cccc(C#Cc2ccc(-c3ccc(=O)[nH]n3)cc2)c1-c1ccc2cc[nH]c2c1. The van der Waals surface area contributed by atoms with Crippen LogP contribution in [0.2, 0.25) is 0 Å². The molecule has 2 heterocycles. The summed E-state index contributed by atoms with van der Waals surface area (Å²) >= 11 is 0. The number of aliphatic hydroxyl groups is 1. The number of aliphatic hydroxyl groups excluding tert-OH is 1. The van der Waals surface area contributed by atoms with Gasteiger partial charge >= 0.3 is 0 Å². The van der Waals surface area contributed by atoms with Gasteiger partial charge in [0.15, 0.2) is 5.78 Å². The van der Waals surface area contributed by atoms with Crippen LogP contribution in [0.4, 0.5) is 0 Å². The van der Waals surface area contributed by atoms with Crippen LogP contribution in [0.25, 0.3) is 33.3 Å². The first-order chi connectivity index (χ1) is 19.6. The van der Waals surface area contributed by atoms with E-state index in [9.17, 15) is 14.7 Å². The monoisotopic (exact) mass is 521 g/mol. The van der Waals surface area contributed by atoms with Gasteiger partial charge in [0.25, 0.3) is 5.56 Å². The lowest BCUT2D eigenvalue weighted by atomic mass is 9.88. The molecule has 1 atom stereocenters. The van der Waals surface area contributed by atoms with E-state index in [-0.39, 0.29) is 11.3 Å². The summed E-state index contributed by atoms with van der Waals surface area (Å²) < 4.78 is 0. The maximum Gasteiger partial charge on any atom is 0.264 e. The van der Waals surface area contributed by atoms with Crippen LogP contribution in [-0.4, -0.2) is 26.1 Å². The number of rotatable bonds is 5. The number of hydrogen-bond donors (Lipinski definition) is 3. The number of carbonyl (C=O) groups is 1. The fraction of sp³-hybridized carbons (Fsp3) is 0.0294. The van der Waals surface area contributed by atoms with Gasteiger partial charge in [0.2, 0.25) is 0 Å². The number of Topliss-reactive ketones (excluding diaryl/α,β-unsaturated/α-hetero) is 1. The lowest BCUT2D eigenvalue weighted by molar-refractivity contribution is 0.0748. The Bertz CT molecular complexity index is 1940. The molecule has 6 nitrogen and oxygen atoms in total. The van der Waals surface area contributed by atoms with Crippen LogP contribution in [0.15, 0.2) is 120 Å². The van der Waals surface area contributed by atoms with Crippen molar-refractivity contribution in [3.8, 4) is 34.2 Å². The molecule has 0 spiro atoms. The third kappa shape index (κ3) is 4.97. The number of fused-ring (bicyclic) bond motifs is 1. The Hall–Kier alpha value is -5.51. The topological polar surface area (TPSA) is 98.8 Å². The van der Waals surface area contributed by atoms with Gasteiger partial charge in [0.05, 0.1) is 5.69 Å². The molecule has 6 aromatic rings. The van der Waals surface area contributed by atoms with E-state index >= 15 is 0 Å². The highest BCUT2D eigenvalue weighted by molar-refractivity contribution is 6.01. The molecule has 0 aliphatic rings. The third-order valence-electron chi connectivity index (χ3n) is 6.74. The summed E-state index contributed by atoms with van der Waals surface area (Å²) in [7, 11) is 0. The second kappa shape index (κ2) is 10.7. The Morgan fingerprint density at radius 1 is 0.800 bits per heavy atom.